The Morgan fingerprint density at radius 1 is 0.875 bits per heavy atom. The third-order valence-electron chi connectivity index (χ3n) is 2.66. The maximum atomic E-state index is 9.25. The highest BCUT2D eigenvalue weighted by Gasteiger charge is 2.05. The highest BCUT2D eigenvalue weighted by Crippen LogP contribution is 2.29. The normalized spacial score (nSPS) is 10.8. The summed E-state index contributed by atoms with van der Waals surface area (Å²) in [6.45, 7) is 0. The van der Waals surface area contributed by atoms with Crippen LogP contribution in [0.2, 0.25) is 0 Å². The first kappa shape index (κ1) is 9.04. The van der Waals surface area contributed by atoms with Crippen LogP contribution in [0.5, 0.6) is 5.75 Å². The molecular weight excluding hydrogens is 200 g/mol. The molecule has 1 heterocycles. The lowest BCUT2D eigenvalue weighted by molar-refractivity contribution is 0.475. The van der Waals surface area contributed by atoms with E-state index in [1.165, 1.54) is 0 Å². The van der Waals surface area contributed by atoms with Gasteiger partial charge in [0.05, 0.1) is 6.26 Å². The molecule has 0 unspecified atom stereocenters. The van der Waals surface area contributed by atoms with Crippen LogP contribution in [0.4, 0.5) is 0 Å². The van der Waals surface area contributed by atoms with Crippen LogP contribution in [0.25, 0.3) is 22.1 Å². The van der Waals surface area contributed by atoms with Crippen LogP contribution in [0.1, 0.15) is 0 Å². The molecule has 0 saturated heterocycles. The summed E-state index contributed by atoms with van der Waals surface area (Å²) in [5.41, 5.74) is 2.97. The fourth-order valence-corrected chi connectivity index (χ4v) is 1.86. The molecule has 0 bridgehead atoms. The third-order valence-corrected chi connectivity index (χ3v) is 2.66. The van der Waals surface area contributed by atoms with E-state index in [0.717, 1.165) is 22.1 Å². The molecule has 2 heteroatoms. The van der Waals surface area contributed by atoms with Gasteiger partial charge >= 0.3 is 0 Å². The minimum Gasteiger partial charge on any atom is -0.508 e. The molecule has 0 amide bonds. The molecule has 0 aliphatic rings. The van der Waals surface area contributed by atoms with Crippen molar-refractivity contribution in [2.24, 2.45) is 0 Å². The van der Waals surface area contributed by atoms with Gasteiger partial charge in [0.15, 0.2) is 0 Å². The molecule has 0 spiro atoms. The fraction of sp³-hybridized carbons (Fsp3) is 0. The Bertz CT molecular complexity index is 621. The van der Waals surface area contributed by atoms with Gasteiger partial charge in [-0.2, -0.15) is 0 Å². The number of hydrogen-bond acceptors (Lipinski definition) is 2. The van der Waals surface area contributed by atoms with E-state index in [9.17, 15) is 5.11 Å². The average Bonchev–Trinajstić information content (AvgIpc) is 2.78. The molecule has 0 aliphatic carbocycles. The van der Waals surface area contributed by atoms with Crippen molar-refractivity contribution < 1.29 is 9.52 Å². The topological polar surface area (TPSA) is 33.4 Å². The second-order valence-electron chi connectivity index (χ2n) is 3.69. The molecule has 2 nitrogen and oxygen atoms in total. The van der Waals surface area contributed by atoms with Gasteiger partial charge in [0, 0.05) is 10.9 Å². The summed E-state index contributed by atoms with van der Waals surface area (Å²) in [6, 6.07) is 15.1. The monoisotopic (exact) mass is 210 g/mol. The Labute approximate surface area is 92.8 Å². The van der Waals surface area contributed by atoms with Crippen molar-refractivity contribution in [2.45, 2.75) is 0 Å². The van der Waals surface area contributed by atoms with E-state index in [2.05, 4.69) is 0 Å². The molecule has 3 aromatic rings. The maximum Gasteiger partial charge on any atom is 0.141 e. The predicted molar refractivity (Wildman–Crippen MR) is 63.3 cm³/mol. The van der Waals surface area contributed by atoms with Crippen molar-refractivity contribution in [1.82, 2.24) is 0 Å². The summed E-state index contributed by atoms with van der Waals surface area (Å²) in [7, 11) is 0. The highest BCUT2D eigenvalue weighted by molar-refractivity contribution is 5.92. The van der Waals surface area contributed by atoms with E-state index in [-0.39, 0.29) is 5.75 Å². The molecule has 0 saturated carbocycles. The summed E-state index contributed by atoms with van der Waals surface area (Å²) in [4.78, 5) is 0. The summed E-state index contributed by atoms with van der Waals surface area (Å²) >= 11 is 0. The van der Waals surface area contributed by atoms with Crippen molar-refractivity contribution in [3.63, 3.8) is 0 Å². The number of para-hydroxylation sites is 1. The van der Waals surface area contributed by atoms with Gasteiger partial charge in [0.1, 0.15) is 11.3 Å². The summed E-state index contributed by atoms with van der Waals surface area (Å²) in [6.07, 6.45) is 1.69. The van der Waals surface area contributed by atoms with Crippen molar-refractivity contribution in [3.8, 4) is 16.9 Å². The van der Waals surface area contributed by atoms with Crippen LogP contribution >= 0.6 is 0 Å². The van der Waals surface area contributed by atoms with Gasteiger partial charge in [-0.3, -0.25) is 0 Å². The molecule has 3 rings (SSSR count). The van der Waals surface area contributed by atoms with Crippen LogP contribution in [0.15, 0.2) is 59.2 Å². The highest BCUT2D eigenvalue weighted by atomic mass is 16.3. The average molecular weight is 210 g/mol. The smallest absolute Gasteiger partial charge is 0.141 e. The van der Waals surface area contributed by atoms with Gasteiger partial charge < -0.3 is 9.52 Å². The maximum absolute atomic E-state index is 9.25. The Morgan fingerprint density at radius 3 is 2.50 bits per heavy atom. The van der Waals surface area contributed by atoms with Crippen LogP contribution in [0.3, 0.4) is 0 Å². The number of furan rings is 1. The lowest BCUT2D eigenvalue weighted by atomic mass is 10.0. The summed E-state index contributed by atoms with van der Waals surface area (Å²) in [5, 5.41) is 10.3. The Morgan fingerprint density at radius 2 is 1.69 bits per heavy atom. The fourth-order valence-electron chi connectivity index (χ4n) is 1.86. The van der Waals surface area contributed by atoms with Gasteiger partial charge in [0.25, 0.3) is 0 Å². The van der Waals surface area contributed by atoms with Crippen LogP contribution < -0.4 is 0 Å². The standard InChI is InChI=1S/C14H10O2/c15-12-6-4-10(5-7-12)13-3-1-2-11-8-9-16-14(11)13/h1-9,15H. The largest absolute Gasteiger partial charge is 0.508 e. The third kappa shape index (κ3) is 1.36. The molecule has 0 aliphatic heterocycles. The minimum atomic E-state index is 0.273. The molecule has 0 fully saturated rings. The molecule has 1 N–H and O–H groups in total. The predicted octanol–water partition coefficient (Wildman–Crippen LogP) is 3.81. The van der Waals surface area contributed by atoms with Gasteiger partial charge in [-0.15, -0.1) is 0 Å². The minimum absolute atomic E-state index is 0.273. The lowest BCUT2D eigenvalue weighted by Gasteiger charge is -2.02. The van der Waals surface area contributed by atoms with Crippen LogP contribution in [-0.4, -0.2) is 5.11 Å². The lowest BCUT2D eigenvalue weighted by Crippen LogP contribution is -1.77. The molecule has 78 valence electrons. The number of benzene rings is 2. The first-order valence-corrected chi connectivity index (χ1v) is 5.10. The van der Waals surface area contributed by atoms with Gasteiger partial charge in [0.2, 0.25) is 0 Å². The Hall–Kier alpha value is -2.22. The Balaban J connectivity index is 2.25. The van der Waals surface area contributed by atoms with E-state index >= 15 is 0 Å². The van der Waals surface area contributed by atoms with Gasteiger partial charge in [-0.05, 0) is 23.8 Å². The van der Waals surface area contributed by atoms with Crippen molar-refractivity contribution in [2.75, 3.05) is 0 Å². The van der Waals surface area contributed by atoms with E-state index in [1.54, 1.807) is 18.4 Å². The van der Waals surface area contributed by atoms with Crippen molar-refractivity contribution >= 4 is 11.0 Å². The van der Waals surface area contributed by atoms with E-state index in [1.807, 2.05) is 36.4 Å². The van der Waals surface area contributed by atoms with Crippen molar-refractivity contribution in [1.29, 1.82) is 0 Å². The molecule has 0 radical (unpaired) electrons. The molecule has 2 aromatic carbocycles. The van der Waals surface area contributed by atoms with E-state index in [4.69, 9.17) is 4.42 Å². The van der Waals surface area contributed by atoms with Crippen molar-refractivity contribution in [3.05, 3.63) is 54.8 Å². The first-order chi connectivity index (χ1) is 7.84. The molecule has 1 aromatic heterocycles. The number of hydrogen-bond donors (Lipinski definition) is 1. The molecular formula is C14H10O2. The zero-order valence-corrected chi connectivity index (χ0v) is 8.55. The summed E-state index contributed by atoms with van der Waals surface area (Å²) in [5.74, 6) is 0.273. The Kier molecular flexibility index (Phi) is 1.93. The number of rotatable bonds is 1. The quantitative estimate of drug-likeness (QED) is 0.662. The van der Waals surface area contributed by atoms with Crippen LogP contribution in [0, 0.1) is 0 Å². The van der Waals surface area contributed by atoms with E-state index in [0.29, 0.717) is 0 Å². The number of fused-ring (bicyclic) bond motifs is 1. The number of aromatic hydroxyl groups is 1. The second-order valence-corrected chi connectivity index (χ2v) is 3.69. The first-order valence-electron chi connectivity index (χ1n) is 5.10. The zero-order chi connectivity index (χ0) is 11.0. The molecule has 0 atom stereocenters. The molecule has 16 heavy (non-hydrogen) atoms. The zero-order valence-electron chi connectivity index (χ0n) is 8.55. The van der Waals surface area contributed by atoms with E-state index < -0.39 is 0 Å². The van der Waals surface area contributed by atoms with Gasteiger partial charge in [-0.1, -0.05) is 30.3 Å². The van der Waals surface area contributed by atoms with Crippen LogP contribution in [-0.2, 0) is 0 Å². The number of phenolic OH excluding ortho intramolecular Hbond substituents is 1. The number of phenols is 1. The second kappa shape index (κ2) is 3.42. The SMILES string of the molecule is Oc1ccc(-c2cccc3ccoc23)cc1. The van der Waals surface area contributed by atoms with Gasteiger partial charge in [-0.25, -0.2) is 0 Å². The summed E-state index contributed by atoms with van der Waals surface area (Å²) < 4.78 is 5.47.